The molecule has 1 aromatic heterocycles. The number of hydrogen-bond donors (Lipinski definition) is 2. The van der Waals surface area contributed by atoms with Gasteiger partial charge in [-0.3, -0.25) is 14.4 Å². The summed E-state index contributed by atoms with van der Waals surface area (Å²) in [7, 11) is 0. The fourth-order valence-corrected chi connectivity index (χ4v) is 6.08. The van der Waals surface area contributed by atoms with Crippen molar-refractivity contribution in [3.63, 3.8) is 0 Å². The van der Waals surface area contributed by atoms with Gasteiger partial charge in [-0.15, -0.1) is 5.10 Å². The number of Topliss-reactive ketones (excluding diaryl/α,β-unsaturated/α-hetero) is 1. The van der Waals surface area contributed by atoms with Crippen molar-refractivity contribution in [2.24, 2.45) is 5.73 Å². The SMILES string of the molecule is NC(=O)Cc1cccc(-c2cccc3c2CCN(C(=O)c2cn(-c4cccc(Cl)c4F)nn2)C3C(=O)Cc2ccc(C(=O)O)cc2)c1. The summed E-state index contributed by atoms with van der Waals surface area (Å²) in [5.74, 6) is -3.13. The summed E-state index contributed by atoms with van der Waals surface area (Å²) in [6, 6.07) is 22.3. The van der Waals surface area contributed by atoms with E-state index in [4.69, 9.17) is 17.3 Å². The molecule has 0 radical (unpaired) electrons. The van der Waals surface area contributed by atoms with Gasteiger partial charge < -0.3 is 15.7 Å². The number of carbonyl (C=O) groups is 4. The van der Waals surface area contributed by atoms with Crippen LogP contribution in [0.1, 0.15) is 49.1 Å². The normalized spacial score (nSPS) is 14.0. The molecule has 0 saturated heterocycles. The molecular weight excluding hydrogens is 625 g/mol. The number of aromatic carboxylic acids is 1. The Kier molecular flexibility index (Phi) is 8.64. The van der Waals surface area contributed by atoms with Crippen molar-refractivity contribution in [2.45, 2.75) is 25.3 Å². The predicted molar refractivity (Wildman–Crippen MR) is 171 cm³/mol. The molecule has 12 heteroatoms. The minimum Gasteiger partial charge on any atom is -0.478 e. The van der Waals surface area contributed by atoms with Crippen molar-refractivity contribution < 1.29 is 28.7 Å². The number of amides is 2. The molecule has 0 spiro atoms. The number of carboxylic acid groups (broad SMARTS) is 1. The third-order valence-electron chi connectivity index (χ3n) is 8.07. The van der Waals surface area contributed by atoms with Gasteiger partial charge in [-0.1, -0.05) is 77.5 Å². The summed E-state index contributed by atoms with van der Waals surface area (Å²) in [6.07, 6.45) is 1.70. The van der Waals surface area contributed by atoms with Crippen molar-refractivity contribution in [3.8, 4) is 16.8 Å². The second kappa shape index (κ2) is 13.0. The summed E-state index contributed by atoms with van der Waals surface area (Å²) in [5.41, 5.74) is 9.94. The van der Waals surface area contributed by atoms with E-state index >= 15 is 0 Å². The number of rotatable bonds is 9. The second-order valence-corrected chi connectivity index (χ2v) is 11.5. The topological polar surface area (TPSA) is 148 Å². The Balaban J connectivity index is 1.39. The first-order valence-electron chi connectivity index (χ1n) is 14.6. The van der Waals surface area contributed by atoms with Gasteiger partial charge in [0, 0.05) is 13.0 Å². The molecule has 4 aromatic carbocycles. The Labute approximate surface area is 273 Å². The van der Waals surface area contributed by atoms with E-state index in [9.17, 15) is 28.7 Å². The van der Waals surface area contributed by atoms with Crippen molar-refractivity contribution in [3.05, 3.63) is 135 Å². The van der Waals surface area contributed by atoms with Gasteiger partial charge in [-0.05, 0) is 64.1 Å². The average Bonchev–Trinajstić information content (AvgIpc) is 3.55. The number of aromatic nitrogens is 3. The van der Waals surface area contributed by atoms with E-state index in [0.29, 0.717) is 17.5 Å². The van der Waals surface area contributed by atoms with Crippen LogP contribution < -0.4 is 5.73 Å². The van der Waals surface area contributed by atoms with Gasteiger partial charge in [0.15, 0.2) is 17.3 Å². The Hall–Kier alpha value is -5.68. The van der Waals surface area contributed by atoms with Crippen molar-refractivity contribution >= 4 is 35.2 Å². The van der Waals surface area contributed by atoms with E-state index < -0.39 is 29.6 Å². The van der Waals surface area contributed by atoms with Gasteiger partial charge in [-0.25, -0.2) is 13.9 Å². The van der Waals surface area contributed by atoms with E-state index in [1.165, 1.54) is 35.4 Å². The lowest BCUT2D eigenvalue weighted by Crippen LogP contribution is -2.44. The largest absolute Gasteiger partial charge is 0.478 e. The molecule has 6 rings (SSSR count). The van der Waals surface area contributed by atoms with Crippen LogP contribution in [-0.2, 0) is 28.9 Å². The molecule has 10 nitrogen and oxygen atoms in total. The minimum atomic E-state index is -1.08. The van der Waals surface area contributed by atoms with E-state index in [0.717, 1.165) is 26.9 Å². The van der Waals surface area contributed by atoms with E-state index in [1.807, 2.05) is 36.4 Å². The van der Waals surface area contributed by atoms with Gasteiger partial charge in [-0.2, -0.15) is 0 Å². The standard InChI is InChI=1S/C35H27ClFN5O5/c36-27-8-3-9-29(32(27)37)42-19-28(39-40-42)34(45)41-15-14-25-24(23-5-1-4-21(16-23)18-31(38)44)6-2-7-26(25)33(41)30(43)17-20-10-12-22(13-11-20)35(46)47/h1-13,16,19,33H,14-15,17-18H2,(H2,38,44)(H,46,47). The van der Waals surface area contributed by atoms with Crippen molar-refractivity contribution in [1.82, 2.24) is 19.9 Å². The third kappa shape index (κ3) is 6.38. The van der Waals surface area contributed by atoms with E-state index in [2.05, 4.69) is 10.3 Å². The number of benzene rings is 4. The molecule has 2 amide bonds. The first-order valence-corrected chi connectivity index (χ1v) is 15.0. The van der Waals surface area contributed by atoms with Crippen molar-refractivity contribution in [1.29, 1.82) is 0 Å². The van der Waals surface area contributed by atoms with Crippen LogP contribution in [0, 0.1) is 5.82 Å². The summed E-state index contributed by atoms with van der Waals surface area (Å²) in [4.78, 5) is 52.6. The Bertz CT molecular complexity index is 2040. The quantitative estimate of drug-likeness (QED) is 0.228. The van der Waals surface area contributed by atoms with Gasteiger partial charge in [0.25, 0.3) is 5.91 Å². The summed E-state index contributed by atoms with van der Waals surface area (Å²) in [6.45, 7) is 0.163. The van der Waals surface area contributed by atoms with Gasteiger partial charge in [0.2, 0.25) is 5.91 Å². The fraction of sp³-hybridized carbons (Fsp3) is 0.143. The Morgan fingerprint density at radius 1 is 0.936 bits per heavy atom. The fourth-order valence-electron chi connectivity index (χ4n) is 5.91. The molecule has 0 aliphatic carbocycles. The molecule has 47 heavy (non-hydrogen) atoms. The number of carboxylic acids is 1. The monoisotopic (exact) mass is 651 g/mol. The Morgan fingerprint density at radius 2 is 1.68 bits per heavy atom. The number of ketones is 1. The van der Waals surface area contributed by atoms with Crippen LogP contribution in [0.15, 0.2) is 91.1 Å². The zero-order chi connectivity index (χ0) is 33.2. The highest BCUT2D eigenvalue weighted by Crippen LogP contribution is 2.38. The number of fused-ring (bicyclic) bond motifs is 1. The molecule has 0 fully saturated rings. The summed E-state index contributed by atoms with van der Waals surface area (Å²) in [5, 5.41) is 17.1. The minimum absolute atomic E-state index is 0.00804. The average molecular weight is 652 g/mol. The number of primary amides is 1. The molecule has 1 aliphatic heterocycles. The zero-order valence-electron chi connectivity index (χ0n) is 24.8. The first kappa shape index (κ1) is 31.3. The lowest BCUT2D eigenvalue weighted by Gasteiger charge is -2.37. The zero-order valence-corrected chi connectivity index (χ0v) is 25.5. The molecule has 0 saturated carbocycles. The van der Waals surface area contributed by atoms with Gasteiger partial charge in [0.05, 0.1) is 23.2 Å². The lowest BCUT2D eigenvalue weighted by atomic mass is 9.83. The van der Waals surface area contributed by atoms with Gasteiger partial charge >= 0.3 is 5.97 Å². The highest BCUT2D eigenvalue weighted by atomic mass is 35.5. The molecule has 1 aliphatic rings. The lowest BCUT2D eigenvalue weighted by molar-refractivity contribution is -0.123. The molecule has 0 bridgehead atoms. The number of nitrogens with two attached hydrogens (primary N) is 1. The molecule has 1 atom stereocenters. The second-order valence-electron chi connectivity index (χ2n) is 11.1. The summed E-state index contributed by atoms with van der Waals surface area (Å²) >= 11 is 5.94. The van der Waals surface area contributed by atoms with E-state index in [-0.39, 0.29) is 47.1 Å². The third-order valence-corrected chi connectivity index (χ3v) is 8.37. The molecule has 1 unspecified atom stereocenters. The van der Waals surface area contributed by atoms with Crippen LogP contribution in [0.25, 0.3) is 16.8 Å². The molecule has 2 heterocycles. The maximum atomic E-state index is 14.7. The maximum absolute atomic E-state index is 14.7. The van der Waals surface area contributed by atoms with E-state index in [1.54, 1.807) is 24.3 Å². The smallest absolute Gasteiger partial charge is 0.335 e. The number of hydrogen-bond acceptors (Lipinski definition) is 6. The Morgan fingerprint density at radius 3 is 2.43 bits per heavy atom. The van der Waals surface area contributed by atoms with Crippen LogP contribution in [0.4, 0.5) is 4.39 Å². The highest BCUT2D eigenvalue weighted by molar-refractivity contribution is 6.30. The van der Waals surface area contributed by atoms with Crippen LogP contribution >= 0.6 is 11.6 Å². The van der Waals surface area contributed by atoms with Crippen molar-refractivity contribution in [2.75, 3.05) is 6.54 Å². The molecule has 3 N–H and O–H groups in total. The van der Waals surface area contributed by atoms with Crippen LogP contribution in [0.2, 0.25) is 5.02 Å². The number of nitrogens with zero attached hydrogens (tertiary/aromatic N) is 4. The van der Waals surface area contributed by atoms with Crippen LogP contribution in [-0.4, -0.2) is 55.1 Å². The van der Waals surface area contributed by atoms with Crippen LogP contribution in [0.3, 0.4) is 0 Å². The molecule has 236 valence electrons. The predicted octanol–water partition coefficient (Wildman–Crippen LogP) is 5.00. The van der Waals surface area contributed by atoms with Gasteiger partial charge in [0.1, 0.15) is 11.7 Å². The number of carbonyl (C=O) groups excluding carboxylic acids is 3. The highest BCUT2D eigenvalue weighted by Gasteiger charge is 2.38. The number of halogens is 2. The summed E-state index contributed by atoms with van der Waals surface area (Å²) < 4.78 is 15.8. The first-order chi connectivity index (χ1) is 22.6. The van der Waals surface area contributed by atoms with Crippen LogP contribution in [0.5, 0.6) is 0 Å². The molecule has 5 aromatic rings. The molecular formula is C35H27ClFN5O5. The maximum Gasteiger partial charge on any atom is 0.335 e.